The van der Waals surface area contributed by atoms with Crippen LogP contribution in [0.1, 0.15) is 65.2 Å². The fraction of sp³-hybridized carbons (Fsp3) is 0.625. The summed E-state index contributed by atoms with van der Waals surface area (Å²) in [5.74, 6) is 0.425. The summed E-state index contributed by atoms with van der Waals surface area (Å²) in [7, 11) is 0. The number of esters is 1. The van der Waals surface area contributed by atoms with Crippen molar-refractivity contribution in [2.24, 2.45) is 22.2 Å². The molecule has 4 atom stereocenters. The molecule has 0 aliphatic heterocycles. The first-order valence-corrected chi connectivity index (χ1v) is 10.7. The van der Waals surface area contributed by atoms with Crippen molar-refractivity contribution in [3.63, 3.8) is 0 Å². The predicted octanol–water partition coefficient (Wildman–Crippen LogP) is 4.25. The van der Waals surface area contributed by atoms with Crippen LogP contribution in [0.4, 0.5) is 0 Å². The summed E-state index contributed by atoms with van der Waals surface area (Å²) < 4.78 is 5.10. The van der Waals surface area contributed by atoms with Crippen LogP contribution in [0.3, 0.4) is 0 Å². The summed E-state index contributed by atoms with van der Waals surface area (Å²) in [4.78, 5) is 36.3. The molecule has 0 aromatic rings. The zero-order chi connectivity index (χ0) is 19.7. The highest BCUT2D eigenvalue weighted by atomic mass is 16.5. The van der Waals surface area contributed by atoms with Crippen LogP contribution in [0, 0.1) is 22.2 Å². The molecule has 2 bridgehead atoms. The third-order valence-corrected chi connectivity index (χ3v) is 8.89. The van der Waals surface area contributed by atoms with E-state index in [1.54, 1.807) is 5.57 Å². The molecular weight excluding hydrogens is 352 g/mol. The van der Waals surface area contributed by atoms with Gasteiger partial charge in [0.15, 0.2) is 18.2 Å². The topological polar surface area (TPSA) is 60.4 Å². The molecule has 0 saturated heterocycles. The number of hydrogen-bond donors (Lipinski definition) is 0. The second-order valence-electron chi connectivity index (χ2n) is 9.61. The average molecular weight is 380 g/mol. The Morgan fingerprint density at radius 3 is 2.64 bits per heavy atom. The molecule has 0 heterocycles. The van der Waals surface area contributed by atoms with E-state index < -0.39 is 11.4 Å². The van der Waals surface area contributed by atoms with E-state index in [2.05, 4.69) is 19.1 Å². The van der Waals surface area contributed by atoms with Gasteiger partial charge < -0.3 is 4.74 Å². The third kappa shape index (κ3) is 2.04. The van der Waals surface area contributed by atoms with Gasteiger partial charge in [0, 0.05) is 18.8 Å². The van der Waals surface area contributed by atoms with Crippen LogP contribution in [0.5, 0.6) is 0 Å². The van der Waals surface area contributed by atoms with Gasteiger partial charge in [-0.15, -0.1) is 0 Å². The van der Waals surface area contributed by atoms with E-state index in [1.807, 2.05) is 6.08 Å². The van der Waals surface area contributed by atoms with Crippen LogP contribution >= 0.6 is 0 Å². The van der Waals surface area contributed by atoms with Crippen molar-refractivity contribution in [2.45, 2.75) is 65.2 Å². The lowest BCUT2D eigenvalue weighted by Gasteiger charge is -2.55. The molecule has 2 fully saturated rings. The van der Waals surface area contributed by atoms with E-state index in [-0.39, 0.29) is 29.0 Å². The number of Topliss-reactive ketones (excluding diaryl/α,β-unsaturated/α-hetero) is 1. The number of carbonyl (C=O) groups is 3. The molecule has 2 saturated carbocycles. The summed E-state index contributed by atoms with van der Waals surface area (Å²) in [6.45, 7) is 3.55. The lowest BCUT2D eigenvalue weighted by atomic mass is 9.48. The molecule has 5 rings (SSSR count). The monoisotopic (exact) mass is 380 g/mol. The third-order valence-electron chi connectivity index (χ3n) is 8.89. The highest BCUT2D eigenvalue weighted by Crippen LogP contribution is 2.77. The zero-order valence-electron chi connectivity index (χ0n) is 16.8. The van der Waals surface area contributed by atoms with Crippen molar-refractivity contribution in [1.82, 2.24) is 0 Å². The Kier molecular flexibility index (Phi) is 3.73. The van der Waals surface area contributed by atoms with Gasteiger partial charge >= 0.3 is 5.97 Å². The fourth-order valence-electron chi connectivity index (χ4n) is 7.48. The molecule has 5 aliphatic rings. The number of fused-ring (bicyclic) bond motifs is 2. The summed E-state index contributed by atoms with van der Waals surface area (Å²) in [5.41, 5.74) is 3.75. The van der Waals surface area contributed by atoms with E-state index in [9.17, 15) is 14.4 Å². The minimum atomic E-state index is -0.489. The van der Waals surface area contributed by atoms with Crippen LogP contribution in [0.25, 0.3) is 0 Å². The molecule has 0 spiro atoms. The van der Waals surface area contributed by atoms with Gasteiger partial charge in [-0.1, -0.05) is 24.6 Å². The molecule has 0 N–H and O–H groups in total. The van der Waals surface area contributed by atoms with Gasteiger partial charge in [-0.2, -0.15) is 0 Å². The second kappa shape index (κ2) is 5.77. The minimum Gasteiger partial charge on any atom is -0.458 e. The van der Waals surface area contributed by atoms with Crippen molar-refractivity contribution in [3.8, 4) is 0 Å². The molecule has 4 heteroatoms. The number of carbonyl (C=O) groups excluding carboxylic acids is 3. The number of ketones is 2. The molecular formula is C24H28O4. The summed E-state index contributed by atoms with van der Waals surface area (Å²) >= 11 is 0. The van der Waals surface area contributed by atoms with E-state index in [0.717, 1.165) is 44.9 Å². The second-order valence-corrected chi connectivity index (χ2v) is 9.61. The van der Waals surface area contributed by atoms with E-state index in [1.165, 1.54) is 18.1 Å². The first-order chi connectivity index (χ1) is 13.3. The average Bonchev–Trinajstić information content (AvgIpc) is 3.10. The normalized spacial score (nSPS) is 40.6. The summed E-state index contributed by atoms with van der Waals surface area (Å²) in [6.07, 6.45) is 13.9. The molecule has 0 aromatic carbocycles. The van der Waals surface area contributed by atoms with E-state index in [4.69, 9.17) is 4.74 Å². The smallest absolute Gasteiger partial charge is 0.303 e. The maximum atomic E-state index is 13.2. The Balaban J connectivity index is 1.54. The Morgan fingerprint density at radius 1 is 1.11 bits per heavy atom. The van der Waals surface area contributed by atoms with Crippen LogP contribution in [-0.2, 0) is 19.1 Å². The zero-order valence-corrected chi connectivity index (χ0v) is 16.8. The van der Waals surface area contributed by atoms with E-state index in [0.29, 0.717) is 12.3 Å². The minimum absolute atomic E-state index is 0.0342. The van der Waals surface area contributed by atoms with Gasteiger partial charge in [0.05, 0.1) is 5.41 Å². The maximum absolute atomic E-state index is 13.2. The lowest BCUT2D eigenvalue weighted by molar-refractivity contribution is -0.151. The van der Waals surface area contributed by atoms with Gasteiger partial charge in [0.1, 0.15) is 0 Å². The molecule has 5 aliphatic carbocycles. The number of allylic oxidation sites excluding steroid dienone is 6. The van der Waals surface area contributed by atoms with Crippen molar-refractivity contribution in [3.05, 3.63) is 34.9 Å². The number of ether oxygens (including phenoxy) is 1. The maximum Gasteiger partial charge on any atom is 0.303 e. The first-order valence-electron chi connectivity index (χ1n) is 10.7. The van der Waals surface area contributed by atoms with Gasteiger partial charge in [-0.05, 0) is 73.5 Å². The summed E-state index contributed by atoms with van der Waals surface area (Å²) in [5, 5.41) is 0. The van der Waals surface area contributed by atoms with Crippen LogP contribution < -0.4 is 0 Å². The Hall–Kier alpha value is -1.97. The van der Waals surface area contributed by atoms with Gasteiger partial charge in [-0.25, -0.2) is 0 Å². The molecule has 4 nitrogen and oxygen atoms in total. The molecule has 148 valence electrons. The Bertz CT molecular complexity index is 890. The quantitative estimate of drug-likeness (QED) is 0.542. The Labute approximate surface area is 166 Å². The largest absolute Gasteiger partial charge is 0.458 e. The number of hydrogen-bond acceptors (Lipinski definition) is 4. The van der Waals surface area contributed by atoms with Crippen molar-refractivity contribution in [2.75, 3.05) is 6.61 Å². The first kappa shape index (κ1) is 18.1. The Morgan fingerprint density at radius 2 is 1.93 bits per heavy atom. The van der Waals surface area contributed by atoms with Crippen LogP contribution in [0.15, 0.2) is 34.9 Å². The molecule has 0 radical (unpaired) electrons. The molecule has 28 heavy (non-hydrogen) atoms. The highest BCUT2D eigenvalue weighted by Gasteiger charge is 2.72. The highest BCUT2D eigenvalue weighted by molar-refractivity contribution is 5.93. The van der Waals surface area contributed by atoms with Crippen LogP contribution in [-0.4, -0.2) is 24.1 Å². The van der Waals surface area contributed by atoms with Gasteiger partial charge in [-0.3, -0.25) is 14.4 Å². The molecule has 0 amide bonds. The van der Waals surface area contributed by atoms with Crippen molar-refractivity contribution in [1.29, 1.82) is 0 Å². The molecule has 1 unspecified atom stereocenters. The predicted molar refractivity (Wildman–Crippen MR) is 104 cm³/mol. The SMILES string of the molecule is CC(=O)OCC(=O)[C@@]12C=CC3(CC1)[C@@H]1CCC4=CC(=O)CCC4=C1CC[C@@]32C. The fourth-order valence-corrected chi connectivity index (χ4v) is 7.48. The summed E-state index contributed by atoms with van der Waals surface area (Å²) in [6, 6.07) is 0. The van der Waals surface area contributed by atoms with Crippen molar-refractivity contribution >= 4 is 17.5 Å². The number of rotatable bonds is 3. The van der Waals surface area contributed by atoms with Gasteiger partial charge in [0.2, 0.25) is 0 Å². The van der Waals surface area contributed by atoms with Crippen molar-refractivity contribution < 1.29 is 19.1 Å². The van der Waals surface area contributed by atoms with Gasteiger partial charge in [0.25, 0.3) is 0 Å². The lowest BCUT2D eigenvalue weighted by Crippen LogP contribution is -2.51. The molecule has 0 aromatic heterocycles. The van der Waals surface area contributed by atoms with Crippen LogP contribution in [0.2, 0.25) is 0 Å². The van der Waals surface area contributed by atoms with E-state index >= 15 is 0 Å². The standard InChI is InChI=1S/C24H28O4/c1-15(25)28-14-21(27)24-11-9-23(10-12-24)20-6-3-16-13-17(26)4-5-18(16)19(20)7-8-22(23,24)2/h9,11,13,20H,3-8,10,12,14H2,1-2H3/t20-,22+,23?,24-/m1/s1.